The van der Waals surface area contributed by atoms with Gasteiger partial charge < -0.3 is 15.3 Å². The maximum absolute atomic E-state index is 10.4. The van der Waals surface area contributed by atoms with Gasteiger partial charge in [0.2, 0.25) is 5.95 Å². The Morgan fingerprint density at radius 2 is 1.90 bits per heavy atom. The first kappa shape index (κ1) is 19.3. The number of hydrogen-bond acceptors (Lipinski definition) is 7. The fourth-order valence-corrected chi connectivity index (χ4v) is 3.71. The monoisotopic (exact) mass is 393 g/mol. The van der Waals surface area contributed by atoms with Gasteiger partial charge in [0.15, 0.2) is 0 Å². The second-order valence-corrected chi connectivity index (χ2v) is 8.52. The number of aromatic hydroxyl groups is 1. The predicted octanol–water partition coefficient (Wildman–Crippen LogP) is 2.99. The van der Waals surface area contributed by atoms with Crippen LogP contribution in [-0.2, 0) is 0 Å². The minimum absolute atomic E-state index is 0.127. The summed E-state index contributed by atoms with van der Waals surface area (Å²) in [7, 11) is 0. The Labute approximate surface area is 170 Å². The van der Waals surface area contributed by atoms with Gasteiger partial charge in [-0.15, -0.1) is 10.2 Å². The standard InChI is InChI=1S/C21H27N7O/c1-21(2,3)25-16-6-8-28(9-7-16)20-22-13-18(26-27-20)17-5-4-14(10-19(17)29)15-11-23-24-12-15/h4-5,10-13,16,25,29H,6-9H2,1-3H3,(H,23,24). The zero-order valence-electron chi connectivity index (χ0n) is 17.1. The third-order valence-corrected chi connectivity index (χ3v) is 5.07. The summed E-state index contributed by atoms with van der Waals surface area (Å²) in [6, 6.07) is 5.96. The maximum atomic E-state index is 10.4. The number of nitrogens with zero attached hydrogens (tertiary/aromatic N) is 5. The molecule has 0 unspecified atom stereocenters. The summed E-state index contributed by atoms with van der Waals surface area (Å²) in [5.74, 6) is 0.777. The van der Waals surface area contributed by atoms with Gasteiger partial charge in [-0.2, -0.15) is 5.10 Å². The molecule has 2 aromatic heterocycles. The van der Waals surface area contributed by atoms with Crippen molar-refractivity contribution in [3.63, 3.8) is 0 Å². The number of benzene rings is 1. The number of anilines is 1. The first-order valence-corrected chi connectivity index (χ1v) is 9.94. The Morgan fingerprint density at radius 3 is 2.48 bits per heavy atom. The number of piperidine rings is 1. The Morgan fingerprint density at radius 1 is 1.10 bits per heavy atom. The number of H-pyrrole nitrogens is 1. The van der Waals surface area contributed by atoms with E-state index in [4.69, 9.17) is 0 Å². The van der Waals surface area contributed by atoms with Crippen LogP contribution in [0.15, 0.2) is 36.8 Å². The summed E-state index contributed by atoms with van der Waals surface area (Å²) < 4.78 is 0. The Kier molecular flexibility index (Phi) is 5.19. The smallest absolute Gasteiger partial charge is 0.245 e. The summed E-state index contributed by atoms with van der Waals surface area (Å²) in [4.78, 5) is 6.66. The summed E-state index contributed by atoms with van der Waals surface area (Å²) in [5.41, 5.74) is 3.08. The quantitative estimate of drug-likeness (QED) is 0.626. The van der Waals surface area contributed by atoms with Crippen LogP contribution in [-0.4, -0.2) is 55.2 Å². The lowest BCUT2D eigenvalue weighted by atomic mass is 10.0. The topological polar surface area (TPSA) is 103 Å². The van der Waals surface area contributed by atoms with Gasteiger partial charge in [0.1, 0.15) is 11.4 Å². The summed E-state index contributed by atoms with van der Waals surface area (Å²) in [5, 5.41) is 29.4. The van der Waals surface area contributed by atoms with E-state index in [0.717, 1.165) is 37.1 Å². The van der Waals surface area contributed by atoms with Crippen LogP contribution in [0.5, 0.6) is 5.75 Å². The molecule has 4 rings (SSSR count). The average molecular weight is 393 g/mol. The highest BCUT2D eigenvalue weighted by Crippen LogP contribution is 2.32. The van der Waals surface area contributed by atoms with Crippen LogP contribution in [0.4, 0.5) is 5.95 Å². The summed E-state index contributed by atoms with van der Waals surface area (Å²) >= 11 is 0. The highest BCUT2D eigenvalue weighted by Gasteiger charge is 2.24. The number of aromatic amines is 1. The second-order valence-electron chi connectivity index (χ2n) is 8.52. The lowest BCUT2D eigenvalue weighted by Gasteiger charge is -2.36. The highest BCUT2D eigenvalue weighted by atomic mass is 16.3. The van der Waals surface area contributed by atoms with E-state index in [1.807, 2.05) is 12.1 Å². The van der Waals surface area contributed by atoms with E-state index >= 15 is 0 Å². The fraction of sp³-hybridized carbons (Fsp3) is 0.429. The molecule has 1 aliphatic heterocycles. The van der Waals surface area contributed by atoms with E-state index < -0.39 is 0 Å². The first-order valence-electron chi connectivity index (χ1n) is 9.94. The molecule has 1 aliphatic rings. The molecule has 3 aromatic rings. The molecule has 8 nitrogen and oxygen atoms in total. The van der Waals surface area contributed by atoms with E-state index in [-0.39, 0.29) is 11.3 Å². The number of aromatic nitrogens is 5. The van der Waals surface area contributed by atoms with Crippen LogP contribution in [0.1, 0.15) is 33.6 Å². The normalized spacial score (nSPS) is 15.6. The van der Waals surface area contributed by atoms with Crippen LogP contribution >= 0.6 is 0 Å². The molecule has 0 spiro atoms. The van der Waals surface area contributed by atoms with Crippen molar-refractivity contribution >= 4 is 5.95 Å². The van der Waals surface area contributed by atoms with Crippen molar-refractivity contribution in [2.24, 2.45) is 0 Å². The molecule has 3 N–H and O–H groups in total. The minimum Gasteiger partial charge on any atom is -0.507 e. The average Bonchev–Trinajstić information content (AvgIpc) is 3.22. The molecule has 0 saturated carbocycles. The Hall–Kier alpha value is -3.00. The number of nitrogens with one attached hydrogen (secondary N) is 2. The predicted molar refractivity (Wildman–Crippen MR) is 113 cm³/mol. The Bertz CT molecular complexity index is 940. The van der Waals surface area contributed by atoms with Crippen LogP contribution < -0.4 is 10.2 Å². The highest BCUT2D eigenvalue weighted by molar-refractivity contribution is 5.73. The molecule has 1 fully saturated rings. The fourth-order valence-electron chi connectivity index (χ4n) is 3.71. The zero-order chi connectivity index (χ0) is 20.4. The van der Waals surface area contributed by atoms with Crippen molar-refractivity contribution in [1.82, 2.24) is 30.7 Å². The second kappa shape index (κ2) is 7.79. The third-order valence-electron chi connectivity index (χ3n) is 5.07. The van der Waals surface area contributed by atoms with Gasteiger partial charge in [0.25, 0.3) is 0 Å². The number of phenolic OH excluding ortho intramolecular Hbond substituents is 1. The molecule has 1 saturated heterocycles. The third kappa shape index (κ3) is 4.54. The van der Waals surface area contributed by atoms with Crippen LogP contribution in [0.2, 0.25) is 0 Å². The molecule has 29 heavy (non-hydrogen) atoms. The largest absolute Gasteiger partial charge is 0.507 e. The van der Waals surface area contributed by atoms with E-state index in [1.165, 1.54) is 0 Å². The van der Waals surface area contributed by atoms with Gasteiger partial charge in [-0.05, 0) is 51.3 Å². The van der Waals surface area contributed by atoms with Gasteiger partial charge >= 0.3 is 0 Å². The van der Waals surface area contributed by atoms with Crippen molar-refractivity contribution in [2.75, 3.05) is 18.0 Å². The zero-order valence-corrected chi connectivity index (χ0v) is 17.1. The van der Waals surface area contributed by atoms with Gasteiger partial charge in [-0.3, -0.25) is 5.10 Å². The molecule has 0 atom stereocenters. The minimum atomic E-state index is 0.127. The first-order chi connectivity index (χ1) is 13.9. The molecular formula is C21H27N7O. The van der Waals surface area contributed by atoms with Gasteiger partial charge in [-0.1, -0.05) is 6.07 Å². The lowest BCUT2D eigenvalue weighted by Crippen LogP contribution is -2.49. The van der Waals surface area contributed by atoms with Crippen LogP contribution in [0, 0.1) is 0 Å². The molecule has 0 aliphatic carbocycles. The molecule has 0 radical (unpaired) electrons. The molecule has 0 bridgehead atoms. The molecule has 8 heteroatoms. The van der Waals surface area contributed by atoms with Crippen molar-refractivity contribution in [3.05, 3.63) is 36.8 Å². The van der Waals surface area contributed by atoms with Crippen LogP contribution in [0.25, 0.3) is 22.4 Å². The molecular weight excluding hydrogens is 366 g/mol. The lowest BCUT2D eigenvalue weighted by molar-refractivity contribution is 0.316. The van der Waals surface area contributed by atoms with Crippen LogP contribution in [0.3, 0.4) is 0 Å². The van der Waals surface area contributed by atoms with Crippen molar-refractivity contribution < 1.29 is 5.11 Å². The Balaban J connectivity index is 1.44. The maximum Gasteiger partial charge on any atom is 0.245 e. The van der Waals surface area contributed by atoms with E-state index in [2.05, 4.69) is 56.4 Å². The molecule has 0 amide bonds. The summed E-state index contributed by atoms with van der Waals surface area (Å²) in [6.07, 6.45) is 7.28. The van der Waals surface area contributed by atoms with Gasteiger partial charge in [0.05, 0.1) is 12.4 Å². The number of hydrogen-bond donors (Lipinski definition) is 3. The van der Waals surface area contributed by atoms with Crippen molar-refractivity contribution in [1.29, 1.82) is 0 Å². The van der Waals surface area contributed by atoms with Gasteiger partial charge in [-0.25, -0.2) is 4.98 Å². The SMILES string of the molecule is CC(C)(C)NC1CCN(c2ncc(-c3ccc(-c4cn[nH]c4)cc3O)nn2)CC1. The van der Waals surface area contributed by atoms with E-state index in [0.29, 0.717) is 23.2 Å². The van der Waals surface area contributed by atoms with Gasteiger partial charge in [0, 0.05) is 42.0 Å². The molecule has 3 heterocycles. The summed E-state index contributed by atoms with van der Waals surface area (Å²) in [6.45, 7) is 8.39. The number of rotatable bonds is 4. The van der Waals surface area contributed by atoms with E-state index in [1.54, 1.807) is 24.7 Å². The van der Waals surface area contributed by atoms with Crippen molar-refractivity contribution in [3.8, 4) is 28.1 Å². The number of phenols is 1. The van der Waals surface area contributed by atoms with E-state index in [9.17, 15) is 5.11 Å². The van der Waals surface area contributed by atoms with Crippen molar-refractivity contribution in [2.45, 2.75) is 45.2 Å². The molecule has 152 valence electrons. The molecule has 1 aromatic carbocycles.